The van der Waals surface area contributed by atoms with Gasteiger partial charge < -0.3 is 10.6 Å². The zero-order chi connectivity index (χ0) is 19.2. The molecule has 0 saturated heterocycles. The molecule has 0 aromatic carbocycles. The molecule has 144 valence electrons. The van der Waals surface area contributed by atoms with E-state index in [0.717, 1.165) is 48.4 Å². The number of nitrogens with one attached hydrogen (secondary N) is 2. The topological polar surface area (TPSA) is 67.1 Å². The number of hydrogen-bond acceptors (Lipinski definition) is 4. The minimum absolute atomic E-state index is 0.0875. The van der Waals surface area contributed by atoms with Gasteiger partial charge in [-0.05, 0) is 33.3 Å². The van der Waals surface area contributed by atoms with Gasteiger partial charge in [0.2, 0.25) is 0 Å². The van der Waals surface area contributed by atoms with Crippen molar-refractivity contribution in [2.45, 2.75) is 66.5 Å². The van der Waals surface area contributed by atoms with Crippen molar-refractivity contribution in [3.05, 3.63) is 33.5 Å². The summed E-state index contributed by atoms with van der Waals surface area (Å²) in [6, 6.07) is 2.11. The second-order valence-corrected chi connectivity index (χ2v) is 8.44. The smallest absolute Gasteiger partial charge is 0.191 e. The Morgan fingerprint density at radius 3 is 2.62 bits per heavy atom. The fourth-order valence-corrected chi connectivity index (χ4v) is 3.50. The molecule has 0 unspecified atom stereocenters. The Kier molecular flexibility index (Phi) is 7.20. The van der Waals surface area contributed by atoms with Gasteiger partial charge in [-0.25, -0.2) is 9.98 Å². The lowest BCUT2D eigenvalue weighted by atomic mass is 9.93. The third-order valence-corrected chi connectivity index (χ3v) is 4.81. The molecule has 7 heteroatoms. The van der Waals surface area contributed by atoms with Crippen LogP contribution in [0.5, 0.6) is 0 Å². The number of thiazole rings is 1. The van der Waals surface area contributed by atoms with Crippen molar-refractivity contribution < 1.29 is 0 Å². The van der Waals surface area contributed by atoms with E-state index in [9.17, 15) is 0 Å². The first-order chi connectivity index (χ1) is 12.3. The molecule has 0 spiro atoms. The molecular weight excluding hydrogens is 344 g/mol. The van der Waals surface area contributed by atoms with E-state index in [-0.39, 0.29) is 5.41 Å². The molecule has 0 aliphatic heterocycles. The molecular formula is C19H32N6S. The van der Waals surface area contributed by atoms with Crippen LogP contribution in [-0.4, -0.2) is 33.8 Å². The molecule has 0 radical (unpaired) electrons. The van der Waals surface area contributed by atoms with Crippen molar-refractivity contribution in [1.29, 1.82) is 0 Å². The summed E-state index contributed by atoms with van der Waals surface area (Å²) < 4.78 is 2.06. The van der Waals surface area contributed by atoms with Crippen LogP contribution in [-0.2, 0) is 18.5 Å². The minimum atomic E-state index is 0.0875. The van der Waals surface area contributed by atoms with Crippen LogP contribution >= 0.6 is 11.3 Å². The highest BCUT2D eigenvalue weighted by molar-refractivity contribution is 7.09. The summed E-state index contributed by atoms with van der Waals surface area (Å²) in [7, 11) is 0. The van der Waals surface area contributed by atoms with Crippen LogP contribution in [0.15, 0.2) is 16.4 Å². The molecule has 0 saturated carbocycles. The number of aliphatic imine (C=N–C) groups is 1. The fraction of sp³-hybridized carbons (Fsp3) is 0.632. The maximum atomic E-state index is 4.71. The Hall–Kier alpha value is -1.89. The predicted octanol–water partition coefficient (Wildman–Crippen LogP) is 3.40. The minimum Gasteiger partial charge on any atom is -0.357 e. The maximum Gasteiger partial charge on any atom is 0.191 e. The Morgan fingerprint density at radius 2 is 2.04 bits per heavy atom. The Morgan fingerprint density at radius 1 is 1.27 bits per heavy atom. The van der Waals surface area contributed by atoms with E-state index < -0.39 is 0 Å². The summed E-state index contributed by atoms with van der Waals surface area (Å²) in [5.74, 6) is 0.841. The Bertz CT molecular complexity index is 723. The second kappa shape index (κ2) is 9.16. The van der Waals surface area contributed by atoms with Gasteiger partial charge >= 0.3 is 0 Å². The summed E-state index contributed by atoms with van der Waals surface area (Å²) in [6.07, 6.45) is 0.998. The van der Waals surface area contributed by atoms with Gasteiger partial charge in [-0.2, -0.15) is 5.10 Å². The highest BCUT2D eigenvalue weighted by Crippen LogP contribution is 2.24. The van der Waals surface area contributed by atoms with Gasteiger partial charge in [-0.1, -0.05) is 20.8 Å². The van der Waals surface area contributed by atoms with E-state index >= 15 is 0 Å². The molecule has 2 aromatic heterocycles. The van der Waals surface area contributed by atoms with Crippen molar-refractivity contribution in [1.82, 2.24) is 25.4 Å². The van der Waals surface area contributed by atoms with Crippen LogP contribution in [0.25, 0.3) is 0 Å². The second-order valence-electron chi connectivity index (χ2n) is 7.50. The lowest BCUT2D eigenvalue weighted by Gasteiger charge is -2.14. The van der Waals surface area contributed by atoms with Gasteiger partial charge in [0.1, 0.15) is 5.01 Å². The SMILES string of the molecule is CCNC(=NCc1nc(C(C)(C)C)cs1)NCCCn1nc(C)cc1C. The quantitative estimate of drug-likeness (QED) is 0.441. The lowest BCUT2D eigenvalue weighted by molar-refractivity contribution is 0.555. The third-order valence-electron chi connectivity index (χ3n) is 3.98. The third kappa shape index (κ3) is 6.12. The first-order valence-electron chi connectivity index (χ1n) is 9.27. The van der Waals surface area contributed by atoms with Crippen molar-refractivity contribution in [2.75, 3.05) is 13.1 Å². The standard InChI is InChI=1S/C19H32N6S/c1-7-20-18(21-9-8-10-25-15(3)11-14(2)24-25)22-12-17-23-16(13-26-17)19(4,5)6/h11,13H,7-10,12H2,1-6H3,(H2,20,21,22). The van der Waals surface area contributed by atoms with E-state index in [1.807, 2.05) is 6.92 Å². The highest BCUT2D eigenvalue weighted by atomic mass is 32.1. The van der Waals surface area contributed by atoms with Crippen LogP contribution in [0.1, 0.15) is 56.2 Å². The van der Waals surface area contributed by atoms with Gasteiger partial charge in [0.05, 0.1) is 17.9 Å². The summed E-state index contributed by atoms with van der Waals surface area (Å²) in [6.45, 7) is 16.0. The van der Waals surface area contributed by atoms with Crippen molar-refractivity contribution in [3.63, 3.8) is 0 Å². The summed E-state index contributed by atoms with van der Waals surface area (Å²) in [5.41, 5.74) is 3.50. The summed E-state index contributed by atoms with van der Waals surface area (Å²) in [4.78, 5) is 9.37. The van der Waals surface area contributed by atoms with Crippen LogP contribution in [0, 0.1) is 13.8 Å². The molecule has 0 fully saturated rings. The zero-order valence-corrected chi connectivity index (χ0v) is 17.7. The maximum absolute atomic E-state index is 4.71. The Labute approximate surface area is 161 Å². The molecule has 6 nitrogen and oxygen atoms in total. The monoisotopic (exact) mass is 376 g/mol. The normalized spacial score (nSPS) is 12.5. The summed E-state index contributed by atoms with van der Waals surface area (Å²) >= 11 is 1.68. The van der Waals surface area contributed by atoms with Crippen molar-refractivity contribution in [2.24, 2.45) is 4.99 Å². The van der Waals surface area contributed by atoms with E-state index in [0.29, 0.717) is 6.54 Å². The molecule has 2 aromatic rings. The number of guanidine groups is 1. The zero-order valence-electron chi connectivity index (χ0n) is 16.9. The number of aromatic nitrogens is 3. The number of nitrogens with zero attached hydrogens (tertiary/aromatic N) is 4. The van der Waals surface area contributed by atoms with E-state index in [4.69, 9.17) is 4.98 Å². The van der Waals surface area contributed by atoms with E-state index in [1.165, 1.54) is 5.69 Å². The Balaban J connectivity index is 1.84. The molecule has 0 aliphatic carbocycles. The van der Waals surface area contributed by atoms with Crippen LogP contribution in [0.3, 0.4) is 0 Å². The van der Waals surface area contributed by atoms with Gasteiger partial charge in [-0.3, -0.25) is 4.68 Å². The van der Waals surface area contributed by atoms with Crippen molar-refractivity contribution in [3.8, 4) is 0 Å². The van der Waals surface area contributed by atoms with Gasteiger partial charge in [0, 0.05) is 36.1 Å². The van der Waals surface area contributed by atoms with E-state index in [2.05, 4.69) is 71.5 Å². The van der Waals surface area contributed by atoms with Crippen LogP contribution in [0.2, 0.25) is 0 Å². The van der Waals surface area contributed by atoms with E-state index in [1.54, 1.807) is 11.3 Å². The number of rotatable bonds is 7. The molecule has 2 heterocycles. The molecule has 2 rings (SSSR count). The highest BCUT2D eigenvalue weighted by Gasteiger charge is 2.17. The molecule has 0 bridgehead atoms. The van der Waals surface area contributed by atoms with Gasteiger partial charge in [0.25, 0.3) is 0 Å². The number of hydrogen-bond donors (Lipinski definition) is 2. The van der Waals surface area contributed by atoms with Crippen molar-refractivity contribution >= 4 is 17.3 Å². The first-order valence-corrected chi connectivity index (χ1v) is 10.2. The predicted molar refractivity (Wildman–Crippen MR) is 110 cm³/mol. The molecule has 0 atom stereocenters. The van der Waals surface area contributed by atoms with Crippen LogP contribution < -0.4 is 10.6 Å². The molecule has 0 amide bonds. The molecule has 0 aliphatic rings. The number of aryl methyl sites for hydroxylation is 3. The van der Waals surface area contributed by atoms with Gasteiger partial charge in [0.15, 0.2) is 5.96 Å². The fourth-order valence-electron chi connectivity index (χ4n) is 2.55. The summed E-state index contributed by atoms with van der Waals surface area (Å²) in [5, 5.41) is 14.4. The molecule has 26 heavy (non-hydrogen) atoms. The molecule has 2 N–H and O–H groups in total. The average molecular weight is 377 g/mol. The largest absolute Gasteiger partial charge is 0.357 e. The van der Waals surface area contributed by atoms with Crippen LogP contribution in [0.4, 0.5) is 0 Å². The average Bonchev–Trinajstić information content (AvgIpc) is 3.15. The van der Waals surface area contributed by atoms with Gasteiger partial charge in [-0.15, -0.1) is 11.3 Å². The first kappa shape index (κ1) is 20.4. The lowest BCUT2D eigenvalue weighted by Crippen LogP contribution is -2.38.